The van der Waals surface area contributed by atoms with Crippen molar-refractivity contribution < 1.29 is 9.53 Å². The molecular weight excluding hydrogens is 274 g/mol. The Labute approximate surface area is 121 Å². The number of benzene rings is 1. The van der Waals surface area contributed by atoms with Crippen LogP contribution in [0.15, 0.2) is 48.4 Å². The SMILES string of the molecule is C=CCn1cnnc1SCC(=O)c1cccc(OC)c1. The highest BCUT2D eigenvalue weighted by Crippen LogP contribution is 2.19. The fourth-order valence-corrected chi connectivity index (χ4v) is 2.45. The summed E-state index contributed by atoms with van der Waals surface area (Å²) in [6, 6.07) is 7.12. The second-order valence-corrected chi connectivity index (χ2v) is 4.94. The van der Waals surface area contributed by atoms with Crippen LogP contribution >= 0.6 is 11.8 Å². The van der Waals surface area contributed by atoms with Crippen LogP contribution < -0.4 is 4.74 Å². The number of Topliss-reactive ketones (excluding diaryl/α,β-unsaturated/α-hetero) is 1. The molecule has 0 saturated carbocycles. The van der Waals surface area contributed by atoms with Crippen molar-refractivity contribution in [1.29, 1.82) is 0 Å². The number of hydrogen-bond acceptors (Lipinski definition) is 5. The van der Waals surface area contributed by atoms with E-state index in [0.29, 0.717) is 28.8 Å². The number of rotatable bonds is 7. The minimum atomic E-state index is 0.0297. The fourth-order valence-electron chi connectivity index (χ4n) is 1.63. The lowest BCUT2D eigenvalue weighted by Crippen LogP contribution is -2.04. The largest absolute Gasteiger partial charge is 0.497 e. The third kappa shape index (κ3) is 3.48. The summed E-state index contributed by atoms with van der Waals surface area (Å²) in [5.41, 5.74) is 0.631. The highest BCUT2D eigenvalue weighted by Gasteiger charge is 2.10. The normalized spacial score (nSPS) is 10.2. The molecule has 20 heavy (non-hydrogen) atoms. The standard InChI is InChI=1S/C14H15N3O2S/c1-3-7-17-10-15-16-14(17)20-9-13(18)11-5-4-6-12(8-11)19-2/h3-6,8,10H,1,7,9H2,2H3. The van der Waals surface area contributed by atoms with Crippen LogP contribution in [0.2, 0.25) is 0 Å². The van der Waals surface area contributed by atoms with Crippen molar-refractivity contribution in [3.8, 4) is 5.75 Å². The molecule has 1 aromatic carbocycles. The molecule has 1 aromatic heterocycles. The number of ketones is 1. The third-order valence-electron chi connectivity index (χ3n) is 2.63. The smallest absolute Gasteiger partial charge is 0.191 e. The summed E-state index contributed by atoms with van der Waals surface area (Å²) < 4.78 is 6.95. The summed E-state index contributed by atoms with van der Waals surface area (Å²) in [4.78, 5) is 12.1. The van der Waals surface area contributed by atoms with Gasteiger partial charge in [-0.3, -0.25) is 4.79 Å². The maximum Gasteiger partial charge on any atom is 0.191 e. The number of nitrogens with zero attached hydrogens (tertiary/aromatic N) is 3. The molecule has 0 atom stereocenters. The van der Waals surface area contributed by atoms with E-state index in [9.17, 15) is 4.79 Å². The first-order valence-corrected chi connectivity index (χ1v) is 7.02. The molecule has 1 heterocycles. The first-order valence-electron chi connectivity index (χ1n) is 6.03. The monoisotopic (exact) mass is 289 g/mol. The number of hydrogen-bond donors (Lipinski definition) is 0. The molecule has 0 unspecified atom stereocenters. The van der Waals surface area contributed by atoms with E-state index in [1.54, 1.807) is 37.7 Å². The van der Waals surface area contributed by atoms with Gasteiger partial charge in [0.25, 0.3) is 0 Å². The molecule has 2 aromatic rings. The zero-order valence-corrected chi connectivity index (χ0v) is 12.0. The van der Waals surface area contributed by atoms with E-state index in [4.69, 9.17) is 4.74 Å². The minimum absolute atomic E-state index is 0.0297. The van der Waals surface area contributed by atoms with Crippen molar-refractivity contribution in [2.75, 3.05) is 12.9 Å². The summed E-state index contributed by atoms with van der Waals surface area (Å²) in [6.45, 7) is 4.30. The molecule has 0 aliphatic rings. The number of aromatic nitrogens is 3. The molecule has 2 rings (SSSR count). The van der Waals surface area contributed by atoms with Gasteiger partial charge in [0.15, 0.2) is 10.9 Å². The molecule has 0 N–H and O–H groups in total. The Balaban J connectivity index is 2.01. The van der Waals surface area contributed by atoms with Gasteiger partial charge in [-0.05, 0) is 12.1 Å². The van der Waals surface area contributed by atoms with Crippen LogP contribution in [-0.2, 0) is 6.54 Å². The van der Waals surface area contributed by atoms with Gasteiger partial charge in [-0.2, -0.15) is 0 Å². The van der Waals surface area contributed by atoms with Crippen LogP contribution in [0, 0.1) is 0 Å². The molecule has 0 aliphatic carbocycles. The lowest BCUT2D eigenvalue weighted by Gasteiger charge is -2.04. The zero-order valence-electron chi connectivity index (χ0n) is 11.2. The second kappa shape index (κ2) is 6.91. The number of ether oxygens (including phenoxy) is 1. The van der Waals surface area contributed by atoms with Gasteiger partial charge in [0.1, 0.15) is 12.1 Å². The lowest BCUT2D eigenvalue weighted by molar-refractivity contribution is 0.102. The highest BCUT2D eigenvalue weighted by atomic mass is 32.2. The predicted molar refractivity (Wildman–Crippen MR) is 78.3 cm³/mol. The zero-order chi connectivity index (χ0) is 14.4. The predicted octanol–water partition coefficient (Wildman–Crippen LogP) is 2.45. The van der Waals surface area contributed by atoms with Crippen molar-refractivity contribution >= 4 is 17.5 Å². The van der Waals surface area contributed by atoms with Gasteiger partial charge in [-0.15, -0.1) is 16.8 Å². The fraction of sp³-hybridized carbons (Fsp3) is 0.214. The molecule has 5 nitrogen and oxygen atoms in total. The maximum atomic E-state index is 12.1. The van der Waals surface area contributed by atoms with E-state index < -0.39 is 0 Å². The van der Waals surface area contributed by atoms with E-state index in [0.717, 1.165) is 0 Å². The number of allylic oxidation sites excluding steroid dienone is 1. The van der Waals surface area contributed by atoms with Gasteiger partial charge < -0.3 is 9.30 Å². The van der Waals surface area contributed by atoms with E-state index in [1.807, 2.05) is 10.6 Å². The molecule has 6 heteroatoms. The molecule has 104 valence electrons. The van der Waals surface area contributed by atoms with Crippen molar-refractivity contribution in [2.24, 2.45) is 0 Å². The first kappa shape index (κ1) is 14.3. The molecule has 0 bridgehead atoms. The Morgan fingerprint density at radius 1 is 1.55 bits per heavy atom. The molecule has 0 aliphatic heterocycles. The molecule has 0 amide bonds. The number of carbonyl (C=O) groups is 1. The van der Waals surface area contributed by atoms with Gasteiger partial charge in [0, 0.05) is 12.1 Å². The summed E-state index contributed by atoms with van der Waals surface area (Å²) in [6.07, 6.45) is 3.39. The van der Waals surface area contributed by atoms with Crippen molar-refractivity contribution in [1.82, 2.24) is 14.8 Å². The highest BCUT2D eigenvalue weighted by molar-refractivity contribution is 7.99. The molecule has 0 spiro atoms. The Kier molecular flexibility index (Phi) is 4.95. The van der Waals surface area contributed by atoms with Gasteiger partial charge in [0.05, 0.1) is 12.9 Å². The van der Waals surface area contributed by atoms with Crippen LogP contribution in [0.1, 0.15) is 10.4 Å². The van der Waals surface area contributed by atoms with E-state index in [1.165, 1.54) is 11.8 Å². The summed E-state index contributed by atoms with van der Waals surface area (Å²) in [7, 11) is 1.58. The van der Waals surface area contributed by atoms with Gasteiger partial charge in [0.2, 0.25) is 0 Å². The van der Waals surface area contributed by atoms with Crippen molar-refractivity contribution in [3.63, 3.8) is 0 Å². The molecule has 0 saturated heterocycles. The van der Waals surface area contributed by atoms with Crippen LogP contribution in [0.25, 0.3) is 0 Å². The average molecular weight is 289 g/mol. The topological polar surface area (TPSA) is 57.0 Å². The molecule has 0 radical (unpaired) electrons. The third-order valence-corrected chi connectivity index (χ3v) is 3.61. The van der Waals surface area contributed by atoms with Crippen LogP contribution in [0.5, 0.6) is 5.75 Å². The summed E-state index contributed by atoms with van der Waals surface area (Å²) in [5.74, 6) is 1.01. The molecular formula is C14H15N3O2S. The average Bonchev–Trinajstić information content (AvgIpc) is 2.92. The van der Waals surface area contributed by atoms with E-state index >= 15 is 0 Å². The van der Waals surface area contributed by atoms with Crippen LogP contribution in [0.3, 0.4) is 0 Å². The maximum absolute atomic E-state index is 12.1. The first-order chi connectivity index (χ1) is 9.74. The van der Waals surface area contributed by atoms with E-state index in [-0.39, 0.29) is 5.78 Å². The molecule has 0 fully saturated rings. The summed E-state index contributed by atoms with van der Waals surface area (Å²) in [5, 5.41) is 8.53. The number of methoxy groups -OCH3 is 1. The Morgan fingerprint density at radius 2 is 2.40 bits per heavy atom. The second-order valence-electron chi connectivity index (χ2n) is 4.00. The van der Waals surface area contributed by atoms with Crippen molar-refractivity contribution in [3.05, 3.63) is 48.8 Å². The Hall–Kier alpha value is -2.08. The number of carbonyl (C=O) groups excluding carboxylic acids is 1. The van der Waals surface area contributed by atoms with Crippen LogP contribution in [-0.4, -0.2) is 33.4 Å². The Morgan fingerprint density at radius 3 is 3.15 bits per heavy atom. The van der Waals surface area contributed by atoms with Gasteiger partial charge >= 0.3 is 0 Å². The number of thioether (sulfide) groups is 1. The Bertz CT molecular complexity index is 610. The minimum Gasteiger partial charge on any atom is -0.497 e. The van der Waals surface area contributed by atoms with Gasteiger partial charge in [-0.25, -0.2) is 0 Å². The van der Waals surface area contributed by atoms with Crippen LogP contribution in [0.4, 0.5) is 0 Å². The van der Waals surface area contributed by atoms with Gasteiger partial charge in [-0.1, -0.05) is 30.0 Å². The summed E-state index contributed by atoms with van der Waals surface area (Å²) >= 11 is 1.36. The van der Waals surface area contributed by atoms with E-state index in [2.05, 4.69) is 16.8 Å². The quantitative estimate of drug-likeness (QED) is 0.445. The van der Waals surface area contributed by atoms with Crippen molar-refractivity contribution in [2.45, 2.75) is 11.7 Å². The lowest BCUT2D eigenvalue weighted by atomic mass is 10.1.